The molecular weight excluding hydrogens is 390 g/mol. The van der Waals surface area contributed by atoms with Gasteiger partial charge in [0.25, 0.3) is 0 Å². The standard InChI is InChI=1S/C20H25N5O3S/c1-28-16-8-6-14(7-9-16)12-21-18(27)15-4-2-10-24(13-15)19-22-23-20(29-19)25-11-3-5-17(25)26/h6-9,15H,2-5,10-13H2,1H3,(H,21,27)/t15-/m1/s1. The molecule has 1 atom stereocenters. The maximum absolute atomic E-state index is 12.7. The molecule has 1 N–H and O–H groups in total. The van der Waals surface area contributed by atoms with Crippen LogP contribution >= 0.6 is 11.3 Å². The van der Waals surface area contributed by atoms with Crippen molar-refractivity contribution in [2.75, 3.05) is 36.5 Å². The first-order valence-corrected chi connectivity index (χ1v) is 10.7. The molecule has 0 radical (unpaired) electrons. The molecule has 2 saturated heterocycles. The number of methoxy groups -OCH3 is 1. The van der Waals surface area contributed by atoms with Crippen LogP contribution in [0.5, 0.6) is 5.75 Å². The van der Waals surface area contributed by atoms with Crippen LogP contribution < -0.4 is 19.9 Å². The van der Waals surface area contributed by atoms with E-state index in [1.807, 2.05) is 24.3 Å². The zero-order valence-corrected chi connectivity index (χ0v) is 17.3. The van der Waals surface area contributed by atoms with E-state index in [4.69, 9.17) is 4.74 Å². The van der Waals surface area contributed by atoms with Crippen LogP contribution in [-0.2, 0) is 16.1 Å². The monoisotopic (exact) mass is 415 g/mol. The van der Waals surface area contributed by atoms with Crippen molar-refractivity contribution in [1.29, 1.82) is 0 Å². The van der Waals surface area contributed by atoms with Gasteiger partial charge in [-0.1, -0.05) is 23.5 Å². The smallest absolute Gasteiger partial charge is 0.228 e. The van der Waals surface area contributed by atoms with E-state index in [1.54, 1.807) is 12.0 Å². The molecule has 3 heterocycles. The second kappa shape index (κ2) is 8.77. The lowest BCUT2D eigenvalue weighted by Crippen LogP contribution is -2.43. The lowest BCUT2D eigenvalue weighted by atomic mass is 9.97. The van der Waals surface area contributed by atoms with Crippen molar-refractivity contribution in [1.82, 2.24) is 15.5 Å². The van der Waals surface area contributed by atoms with Crippen LogP contribution in [0.4, 0.5) is 10.3 Å². The average molecular weight is 416 g/mol. The Morgan fingerprint density at radius 3 is 2.72 bits per heavy atom. The second-order valence-electron chi connectivity index (χ2n) is 7.37. The lowest BCUT2D eigenvalue weighted by Gasteiger charge is -2.31. The number of rotatable bonds is 6. The van der Waals surface area contributed by atoms with Crippen LogP contribution in [0.25, 0.3) is 0 Å². The van der Waals surface area contributed by atoms with E-state index in [2.05, 4.69) is 20.4 Å². The molecule has 1 aromatic carbocycles. The predicted octanol–water partition coefficient (Wildman–Crippen LogP) is 2.21. The van der Waals surface area contributed by atoms with Crippen molar-refractivity contribution in [3.8, 4) is 5.75 Å². The maximum atomic E-state index is 12.7. The van der Waals surface area contributed by atoms with Gasteiger partial charge in [-0.25, -0.2) is 0 Å². The van der Waals surface area contributed by atoms with Crippen molar-refractivity contribution >= 4 is 33.4 Å². The molecule has 1 aromatic heterocycles. The van der Waals surface area contributed by atoms with E-state index in [0.29, 0.717) is 31.2 Å². The third-order valence-corrected chi connectivity index (χ3v) is 6.40. The average Bonchev–Trinajstić information content (AvgIpc) is 3.41. The Morgan fingerprint density at radius 1 is 1.21 bits per heavy atom. The largest absolute Gasteiger partial charge is 0.497 e. The lowest BCUT2D eigenvalue weighted by molar-refractivity contribution is -0.125. The van der Waals surface area contributed by atoms with Gasteiger partial charge in [0.15, 0.2) is 0 Å². The van der Waals surface area contributed by atoms with E-state index in [-0.39, 0.29) is 17.7 Å². The molecule has 2 aromatic rings. The highest BCUT2D eigenvalue weighted by Crippen LogP contribution is 2.32. The van der Waals surface area contributed by atoms with Gasteiger partial charge in [-0.2, -0.15) is 0 Å². The zero-order chi connectivity index (χ0) is 20.2. The summed E-state index contributed by atoms with van der Waals surface area (Å²) in [5.41, 5.74) is 1.04. The number of piperidine rings is 1. The van der Waals surface area contributed by atoms with Gasteiger partial charge in [0, 0.05) is 32.6 Å². The summed E-state index contributed by atoms with van der Waals surface area (Å²) in [6, 6.07) is 7.69. The molecular formula is C20H25N5O3S. The Hall–Kier alpha value is -2.68. The highest BCUT2D eigenvalue weighted by molar-refractivity contribution is 7.19. The van der Waals surface area contributed by atoms with Crippen LogP contribution in [0.15, 0.2) is 24.3 Å². The fourth-order valence-electron chi connectivity index (χ4n) is 3.74. The van der Waals surface area contributed by atoms with Crippen molar-refractivity contribution in [3.05, 3.63) is 29.8 Å². The molecule has 0 bridgehead atoms. The number of carbonyl (C=O) groups excluding carboxylic acids is 2. The molecule has 29 heavy (non-hydrogen) atoms. The van der Waals surface area contributed by atoms with Crippen LogP contribution in [0.2, 0.25) is 0 Å². The summed E-state index contributed by atoms with van der Waals surface area (Å²) in [7, 11) is 1.63. The summed E-state index contributed by atoms with van der Waals surface area (Å²) in [5.74, 6) is 0.893. The predicted molar refractivity (Wildman–Crippen MR) is 111 cm³/mol. The number of nitrogens with zero attached hydrogens (tertiary/aromatic N) is 4. The first kappa shape index (κ1) is 19.6. The van der Waals surface area contributed by atoms with Crippen molar-refractivity contribution in [3.63, 3.8) is 0 Å². The number of nitrogens with one attached hydrogen (secondary N) is 1. The molecule has 0 saturated carbocycles. The number of ether oxygens (including phenoxy) is 1. The quantitative estimate of drug-likeness (QED) is 0.778. The highest BCUT2D eigenvalue weighted by atomic mass is 32.1. The van der Waals surface area contributed by atoms with Gasteiger partial charge < -0.3 is 15.0 Å². The molecule has 2 aliphatic heterocycles. The van der Waals surface area contributed by atoms with Gasteiger partial charge in [-0.3, -0.25) is 14.5 Å². The summed E-state index contributed by atoms with van der Waals surface area (Å²) in [5, 5.41) is 13.0. The summed E-state index contributed by atoms with van der Waals surface area (Å²) >= 11 is 1.43. The fourth-order valence-corrected chi connectivity index (χ4v) is 4.66. The SMILES string of the molecule is COc1ccc(CNC(=O)[C@@H]2CCCN(c3nnc(N4CCCC4=O)s3)C2)cc1. The molecule has 2 fully saturated rings. The third-order valence-electron chi connectivity index (χ3n) is 5.40. The Kier molecular flexibility index (Phi) is 5.94. The van der Waals surface area contributed by atoms with Gasteiger partial charge >= 0.3 is 0 Å². The second-order valence-corrected chi connectivity index (χ2v) is 8.30. The molecule has 0 unspecified atom stereocenters. The number of amides is 2. The third kappa shape index (κ3) is 4.50. The van der Waals surface area contributed by atoms with Gasteiger partial charge in [-0.15, -0.1) is 10.2 Å². The molecule has 154 valence electrons. The van der Waals surface area contributed by atoms with Crippen molar-refractivity contribution in [2.24, 2.45) is 5.92 Å². The fraction of sp³-hybridized carbons (Fsp3) is 0.500. The van der Waals surface area contributed by atoms with E-state index in [0.717, 1.165) is 42.3 Å². The van der Waals surface area contributed by atoms with E-state index < -0.39 is 0 Å². The number of carbonyl (C=O) groups is 2. The molecule has 2 aliphatic rings. The molecule has 9 heteroatoms. The van der Waals surface area contributed by atoms with Gasteiger partial charge in [0.2, 0.25) is 22.1 Å². The minimum absolute atomic E-state index is 0.0602. The molecule has 2 amide bonds. The topological polar surface area (TPSA) is 87.7 Å². The number of hydrogen-bond acceptors (Lipinski definition) is 7. The van der Waals surface area contributed by atoms with Crippen LogP contribution in [0.3, 0.4) is 0 Å². The summed E-state index contributed by atoms with van der Waals surface area (Å²) in [6.45, 7) is 2.69. The summed E-state index contributed by atoms with van der Waals surface area (Å²) in [6.07, 6.45) is 3.24. The number of benzene rings is 1. The van der Waals surface area contributed by atoms with Crippen molar-refractivity contribution in [2.45, 2.75) is 32.2 Å². The van der Waals surface area contributed by atoms with Gasteiger partial charge in [-0.05, 0) is 37.0 Å². The maximum Gasteiger partial charge on any atom is 0.228 e. The van der Waals surface area contributed by atoms with Crippen LogP contribution in [0.1, 0.15) is 31.2 Å². The molecule has 4 rings (SSSR count). The molecule has 0 aliphatic carbocycles. The normalized spacial score (nSPS) is 19.5. The van der Waals surface area contributed by atoms with Gasteiger partial charge in [0.05, 0.1) is 13.0 Å². The van der Waals surface area contributed by atoms with E-state index in [1.165, 1.54) is 11.3 Å². The summed E-state index contributed by atoms with van der Waals surface area (Å²) < 4.78 is 5.16. The number of hydrogen-bond donors (Lipinski definition) is 1. The highest BCUT2D eigenvalue weighted by Gasteiger charge is 2.30. The van der Waals surface area contributed by atoms with E-state index >= 15 is 0 Å². The first-order valence-electron chi connectivity index (χ1n) is 9.93. The zero-order valence-electron chi connectivity index (χ0n) is 16.5. The molecule has 8 nitrogen and oxygen atoms in total. The van der Waals surface area contributed by atoms with Crippen LogP contribution in [-0.4, -0.2) is 48.8 Å². The number of aromatic nitrogens is 2. The van der Waals surface area contributed by atoms with Gasteiger partial charge in [0.1, 0.15) is 5.75 Å². The first-order chi connectivity index (χ1) is 14.1. The Balaban J connectivity index is 1.33. The van der Waals surface area contributed by atoms with E-state index in [9.17, 15) is 9.59 Å². The Labute approximate surface area is 173 Å². The van der Waals surface area contributed by atoms with Crippen LogP contribution in [0, 0.1) is 5.92 Å². The number of anilines is 2. The van der Waals surface area contributed by atoms with Crippen molar-refractivity contribution < 1.29 is 14.3 Å². The minimum Gasteiger partial charge on any atom is -0.497 e. The Bertz CT molecular complexity index is 869. The summed E-state index contributed by atoms with van der Waals surface area (Å²) in [4.78, 5) is 28.4. The molecule has 0 spiro atoms. The minimum atomic E-state index is -0.0808. The Morgan fingerprint density at radius 2 is 2.00 bits per heavy atom.